The average molecular weight is 328 g/mol. The van der Waals surface area contributed by atoms with Crippen molar-refractivity contribution < 1.29 is 13.6 Å². The van der Waals surface area contributed by atoms with Crippen LogP contribution in [0.2, 0.25) is 5.02 Å². The molecule has 2 rings (SSSR count). The van der Waals surface area contributed by atoms with Gasteiger partial charge in [0.05, 0.1) is 16.0 Å². The van der Waals surface area contributed by atoms with E-state index < -0.39 is 11.1 Å². The van der Waals surface area contributed by atoms with Crippen LogP contribution in [0.1, 0.15) is 6.92 Å². The molecule has 21 heavy (non-hydrogen) atoms. The summed E-state index contributed by atoms with van der Waals surface area (Å²) in [5, 5.41) is 2.19. The molecule has 1 atom stereocenters. The van der Waals surface area contributed by atoms with Gasteiger partial charge in [-0.15, -0.1) is 11.8 Å². The quantitative estimate of drug-likeness (QED) is 0.822. The molecule has 0 heterocycles. The highest BCUT2D eigenvalue weighted by molar-refractivity contribution is 8.00. The van der Waals surface area contributed by atoms with Crippen LogP contribution >= 0.6 is 23.4 Å². The van der Waals surface area contributed by atoms with Crippen molar-refractivity contribution in [3.8, 4) is 0 Å². The van der Waals surface area contributed by atoms with E-state index in [1.54, 1.807) is 25.1 Å². The summed E-state index contributed by atoms with van der Waals surface area (Å²) in [6, 6.07) is 9.94. The second-order valence-corrected chi connectivity index (χ2v) is 6.09. The van der Waals surface area contributed by atoms with Gasteiger partial charge in [-0.2, -0.15) is 0 Å². The van der Waals surface area contributed by atoms with E-state index >= 15 is 0 Å². The Morgan fingerprint density at radius 3 is 2.62 bits per heavy atom. The fraction of sp³-hybridized carbons (Fsp3) is 0.133. The molecule has 0 saturated heterocycles. The van der Waals surface area contributed by atoms with Gasteiger partial charge in [0.1, 0.15) is 11.6 Å². The minimum Gasteiger partial charge on any atom is -0.324 e. The molecule has 0 aliphatic rings. The third kappa shape index (κ3) is 4.19. The number of carbonyl (C=O) groups excluding carboxylic acids is 1. The van der Waals surface area contributed by atoms with Crippen LogP contribution in [0, 0.1) is 11.6 Å². The highest BCUT2D eigenvalue weighted by Gasteiger charge is 2.17. The minimum atomic E-state index is -0.525. The Morgan fingerprint density at radius 2 is 1.95 bits per heavy atom. The SMILES string of the molecule is CC(Sc1ccccc1F)C(=O)Nc1ccc(F)cc1Cl. The molecule has 0 radical (unpaired) electrons. The third-order valence-electron chi connectivity index (χ3n) is 2.70. The molecule has 1 amide bonds. The van der Waals surface area contributed by atoms with Crippen molar-refractivity contribution in [3.63, 3.8) is 0 Å². The molecule has 2 nitrogen and oxygen atoms in total. The number of hydrogen-bond donors (Lipinski definition) is 1. The Kier molecular flexibility index (Phi) is 5.20. The maximum absolute atomic E-state index is 13.5. The molecule has 0 saturated carbocycles. The Hall–Kier alpha value is -1.59. The van der Waals surface area contributed by atoms with E-state index in [9.17, 15) is 13.6 Å². The molecule has 2 aromatic rings. The standard InChI is InChI=1S/C15H12ClF2NOS/c1-9(21-14-5-3-2-4-12(14)18)15(20)19-13-7-6-10(17)8-11(13)16/h2-9H,1H3,(H,19,20). The number of thioether (sulfide) groups is 1. The first-order valence-corrected chi connectivity index (χ1v) is 7.40. The zero-order valence-electron chi connectivity index (χ0n) is 11.1. The van der Waals surface area contributed by atoms with Crippen molar-refractivity contribution in [3.05, 3.63) is 59.1 Å². The largest absolute Gasteiger partial charge is 0.324 e. The lowest BCUT2D eigenvalue weighted by Crippen LogP contribution is -2.22. The van der Waals surface area contributed by atoms with Gasteiger partial charge in [0.25, 0.3) is 0 Å². The summed E-state index contributed by atoms with van der Waals surface area (Å²) in [5.41, 5.74) is 0.323. The summed E-state index contributed by atoms with van der Waals surface area (Å²) >= 11 is 6.94. The van der Waals surface area contributed by atoms with Gasteiger partial charge < -0.3 is 5.32 Å². The number of nitrogens with one attached hydrogen (secondary N) is 1. The van der Waals surface area contributed by atoms with Crippen LogP contribution in [0.4, 0.5) is 14.5 Å². The molecular formula is C15H12ClF2NOS. The number of amides is 1. The topological polar surface area (TPSA) is 29.1 Å². The lowest BCUT2D eigenvalue weighted by Gasteiger charge is -2.13. The summed E-state index contributed by atoms with van der Waals surface area (Å²) in [7, 11) is 0. The molecule has 1 N–H and O–H groups in total. The normalized spacial score (nSPS) is 12.0. The van der Waals surface area contributed by atoms with Crippen molar-refractivity contribution in [1.82, 2.24) is 0 Å². The summed E-state index contributed by atoms with van der Waals surface area (Å²) in [4.78, 5) is 12.5. The van der Waals surface area contributed by atoms with Gasteiger partial charge in [0, 0.05) is 4.90 Å². The monoisotopic (exact) mass is 327 g/mol. The van der Waals surface area contributed by atoms with Crippen LogP contribution in [-0.4, -0.2) is 11.2 Å². The minimum absolute atomic E-state index is 0.117. The average Bonchev–Trinajstić information content (AvgIpc) is 2.44. The first-order chi connectivity index (χ1) is 9.97. The number of carbonyl (C=O) groups is 1. The lowest BCUT2D eigenvalue weighted by molar-refractivity contribution is -0.115. The smallest absolute Gasteiger partial charge is 0.237 e. The molecule has 0 fully saturated rings. The Morgan fingerprint density at radius 1 is 1.24 bits per heavy atom. The fourth-order valence-electron chi connectivity index (χ4n) is 1.61. The number of hydrogen-bond acceptors (Lipinski definition) is 2. The molecule has 0 aliphatic carbocycles. The van der Waals surface area contributed by atoms with Gasteiger partial charge in [-0.25, -0.2) is 8.78 Å². The zero-order valence-corrected chi connectivity index (χ0v) is 12.6. The summed E-state index contributed by atoms with van der Waals surface area (Å²) in [6.07, 6.45) is 0. The van der Waals surface area contributed by atoms with Crippen LogP contribution in [-0.2, 0) is 4.79 Å². The maximum Gasteiger partial charge on any atom is 0.237 e. The predicted octanol–water partition coefficient (Wildman–Crippen LogP) is 4.74. The number of anilines is 1. The van der Waals surface area contributed by atoms with Crippen LogP contribution in [0.3, 0.4) is 0 Å². The molecule has 6 heteroatoms. The molecule has 1 unspecified atom stereocenters. The number of rotatable bonds is 4. The predicted molar refractivity (Wildman–Crippen MR) is 81.8 cm³/mol. The van der Waals surface area contributed by atoms with E-state index in [-0.39, 0.29) is 16.7 Å². The van der Waals surface area contributed by atoms with E-state index in [0.29, 0.717) is 10.6 Å². The van der Waals surface area contributed by atoms with Crippen LogP contribution in [0.25, 0.3) is 0 Å². The van der Waals surface area contributed by atoms with Crippen molar-refractivity contribution in [2.24, 2.45) is 0 Å². The lowest BCUT2D eigenvalue weighted by atomic mass is 10.3. The molecule has 0 aliphatic heterocycles. The van der Waals surface area contributed by atoms with E-state index in [1.165, 1.54) is 18.2 Å². The highest BCUT2D eigenvalue weighted by atomic mass is 35.5. The van der Waals surface area contributed by atoms with Crippen molar-refractivity contribution in [1.29, 1.82) is 0 Å². The van der Waals surface area contributed by atoms with Gasteiger partial charge in [0.15, 0.2) is 0 Å². The number of halogens is 3. The van der Waals surface area contributed by atoms with Crippen molar-refractivity contribution >= 4 is 35.0 Å². The maximum atomic E-state index is 13.5. The van der Waals surface area contributed by atoms with Crippen molar-refractivity contribution in [2.75, 3.05) is 5.32 Å². The van der Waals surface area contributed by atoms with Gasteiger partial charge in [-0.1, -0.05) is 23.7 Å². The van der Waals surface area contributed by atoms with Crippen LogP contribution in [0.5, 0.6) is 0 Å². The van der Waals surface area contributed by atoms with E-state index in [4.69, 9.17) is 11.6 Å². The van der Waals surface area contributed by atoms with Gasteiger partial charge >= 0.3 is 0 Å². The van der Waals surface area contributed by atoms with Gasteiger partial charge in [0.2, 0.25) is 5.91 Å². The third-order valence-corrected chi connectivity index (χ3v) is 4.16. The Labute approximate surface area is 130 Å². The van der Waals surface area contributed by atoms with Crippen LogP contribution in [0.15, 0.2) is 47.4 Å². The first-order valence-electron chi connectivity index (χ1n) is 6.14. The van der Waals surface area contributed by atoms with E-state index in [0.717, 1.165) is 17.8 Å². The molecule has 0 aromatic heterocycles. The Bertz CT molecular complexity index is 666. The fourth-order valence-corrected chi connectivity index (χ4v) is 2.71. The number of benzene rings is 2. The molecular weight excluding hydrogens is 316 g/mol. The van der Waals surface area contributed by atoms with Gasteiger partial charge in [-0.3, -0.25) is 4.79 Å². The van der Waals surface area contributed by atoms with Gasteiger partial charge in [-0.05, 0) is 37.3 Å². The van der Waals surface area contributed by atoms with Crippen LogP contribution < -0.4 is 5.32 Å². The summed E-state index contributed by atoms with van der Waals surface area (Å²) in [6.45, 7) is 1.66. The Balaban J connectivity index is 2.04. The molecule has 0 spiro atoms. The van der Waals surface area contributed by atoms with E-state index in [1.807, 2.05) is 0 Å². The summed E-state index contributed by atoms with van der Waals surface area (Å²) < 4.78 is 26.5. The zero-order chi connectivity index (χ0) is 15.4. The second kappa shape index (κ2) is 6.91. The first kappa shape index (κ1) is 15.8. The second-order valence-electron chi connectivity index (χ2n) is 4.30. The van der Waals surface area contributed by atoms with E-state index in [2.05, 4.69) is 5.32 Å². The molecule has 0 bridgehead atoms. The van der Waals surface area contributed by atoms with Crippen molar-refractivity contribution in [2.45, 2.75) is 17.1 Å². The summed E-state index contributed by atoms with van der Waals surface area (Å²) in [5.74, 6) is -1.19. The molecule has 110 valence electrons. The highest BCUT2D eigenvalue weighted by Crippen LogP contribution is 2.28. The molecule has 2 aromatic carbocycles.